The monoisotopic (exact) mass is 347 g/mol. The summed E-state index contributed by atoms with van der Waals surface area (Å²) in [6.45, 7) is 7.76. The van der Waals surface area contributed by atoms with E-state index in [1.807, 2.05) is 43.3 Å². The zero-order chi connectivity index (χ0) is 17.0. The van der Waals surface area contributed by atoms with E-state index in [2.05, 4.69) is 4.85 Å². The van der Waals surface area contributed by atoms with Gasteiger partial charge in [0.25, 0.3) is 5.69 Å². The maximum Gasteiger partial charge on any atom is 0.273 e. The van der Waals surface area contributed by atoms with Crippen LogP contribution in [0.4, 0.5) is 11.4 Å². The summed E-state index contributed by atoms with van der Waals surface area (Å²) < 4.78 is 0. The van der Waals surface area contributed by atoms with Crippen LogP contribution in [0.5, 0.6) is 0 Å². The predicted octanol–water partition coefficient (Wildman–Crippen LogP) is 5.01. The molecule has 2 aromatic carbocycles. The van der Waals surface area contributed by atoms with Crippen LogP contribution in [0.1, 0.15) is 5.56 Å². The number of hydrogen-bond donors (Lipinski definition) is 0. The lowest BCUT2D eigenvalue weighted by Gasteiger charge is -2.14. The molecule has 0 fully saturated rings. The smallest absolute Gasteiger partial charge is 0.273 e. The van der Waals surface area contributed by atoms with Gasteiger partial charge in [0.1, 0.15) is 0 Å². The zero-order valence-corrected chi connectivity index (χ0v) is 14.2. The maximum atomic E-state index is 11.3. The molecule has 2 aromatic rings. The highest BCUT2D eigenvalue weighted by molar-refractivity contribution is 7.99. The van der Waals surface area contributed by atoms with E-state index in [4.69, 9.17) is 18.2 Å². The van der Waals surface area contributed by atoms with Crippen LogP contribution in [0.3, 0.4) is 0 Å². The summed E-state index contributed by atoms with van der Waals surface area (Å²) in [5, 5.41) is 11.5. The molecule has 0 radical (unpaired) electrons. The lowest BCUT2D eigenvalue weighted by molar-refractivity contribution is -0.387. The summed E-state index contributed by atoms with van der Waals surface area (Å²) in [5.41, 5.74) is 1.05. The second-order valence-electron chi connectivity index (χ2n) is 5.09. The summed E-state index contributed by atoms with van der Waals surface area (Å²) in [4.78, 5) is 17.4. The van der Waals surface area contributed by atoms with E-state index in [0.29, 0.717) is 4.90 Å². The Bertz CT molecular complexity index is 787. The van der Waals surface area contributed by atoms with Crippen LogP contribution in [0, 0.1) is 16.7 Å². The average Bonchev–Trinajstić information content (AvgIpc) is 2.48. The molecule has 0 heterocycles. The number of nitro groups is 1. The minimum Gasteiger partial charge on any atom is -0.305 e. The van der Waals surface area contributed by atoms with Gasteiger partial charge in [-0.05, 0) is 31.8 Å². The van der Waals surface area contributed by atoms with Crippen LogP contribution in [-0.4, -0.2) is 23.9 Å². The van der Waals surface area contributed by atoms with Crippen molar-refractivity contribution in [1.29, 1.82) is 0 Å². The van der Waals surface area contributed by atoms with Crippen molar-refractivity contribution < 1.29 is 4.92 Å². The van der Waals surface area contributed by atoms with Crippen LogP contribution >= 0.6 is 23.4 Å². The van der Waals surface area contributed by atoms with E-state index in [1.165, 1.54) is 23.9 Å². The van der Waals surface area contributed by atoms with E-state index in [-0.39, 0.29) is 16.4 Å². The van der Waals surface area contributed by atoms with Gasteiger partial charge in [0.15, 0.2) is 0 Å². The highest BCUT2D eigenvalue weighted by Crippen LogP contribution is 2.41. The van der Waals surface area contributed by atoms with E-state index in [0.717, 1.165) is 17.0 Å². The molecule has 0 spiro atoms. The summed E-state index contributed by atoms with van der Waals surface area (Å²) >= 11 is 7.33. The van der Waals surface area contributed by atoms with Crippen LogP contribution in [-0.2, 0) is 6.54 Å². The Labute approximate surface area is 143 Å². The van der Waals surface area contributed by atoms with Crippen LogP contribution < -0.4 is 0 Å². The van der Waals surface area contributed by atoms with E-state index < -0.39 is 4.92 Å². The Morgan fingerprint density at radius 2 is 2.00 bits per heavy atom. The van der Waals surface area contributed by atoms with Gasteiger partial charge in [-0.2, -0.15) is 0 Å². The van der Waals surface area contributed by atoms with E-state index in [9.17, 15) is 10.1 Å². The predicted molar refractivity (Wildman–Crippen MR) is 92.3 cm³/mol. The molecule has 0 unspecified atom stereocenters. The Morgan fingerprint density at radius 1 is 1.30 bits per heavy atom. The van der Waals surface area contributed by atoms with E-state index in [1.54, 1.807) is 0 Å². The van der Waals surface area contributed by atoms with Gasteiger partial charge in [-0.25, -0.2) is 4.85 Å². The molecule has 5 nitrogen and oxygen atoms in total. The Hall–Kier alpha value is -2.07. The molecule has 0 saturated heterocycles. The number of nitrogens with zero attached hydrogens (tertiary/aromatic N) is 3. The average molecular weight is 348 g/mol. The molecule has 0 aliphatic carbocycles. The maximum absolute atomic E-state index is 11.3. The molecular weight excluding hydrogens is 334 g/mol. The summed E-state index contributed by atoms with van der Waals surface area (Å²) in [7, 11) is 3.93. The molecule has 0 amide bonds. The topological polar surface area (TPSA) is 50.7 Å². The highest BCUT2D eigenvalue weighted by atomic mass is 35.5. The molecule has 7 heteroatoms. The fourth-order valence-electron chi connectivity index (χ4n) is 2.04. The minimum atomic E-state index is -0.484. The molecule has 0 saturated carbocycles. The fraction of sp³-hybridized carbons (Fsp3) is 0.188. The van der Waals surface area contributed by atoms with Crippen molar-refractivity contribution in [2.24, 2.45) is 0 Å². The zero-order valence-electron chi connectivity index (χ0n) is 12.6. The van der Waals surface area contributed by atoms with Crippen molar-refractivity contribution in [2.75, 3.05) is 14.1 Å². The lowest BCUT2D eigenvalue weighted by atomic mass is 10.2. The van der Waals surface area contributed by atoms with Gasteiger partial charge in [0.2, 0.25) is 5.69 Å². The largest absolute Gasteiger partial charge is 0.305 e. The minimum absolute atomic E-state index is 0.0873. The van der Waals surface area contributed by atoms with Crippen LogP contribution in [0.15, 0.2) is 46.2 Å². The van der Waals surface area contributed by atoms with Gasteiger partial charge in [-0.3, -0.25) is 10.1 Å². The first-order valence-electron chi connectivity index (χ1n) is 6.68. The van der Waals surface area contributed by atoms with Crippen molar-refractivity contribution in [3.63, 3.8) is 0 Å². The van der Waals surface area contributed by atoms with Gasteiger partial charge in [0, 0.05) is 22.5 Å². The molecule has 0 N–H and O–H groups in total. The van der Waals surface area contributed by atoms with Crippen molar-refractivity contribution in [2.45, 2.75) is 16.3 Å². The summed E-state index contributed by atoms with van der Waals surface area (Å²) in [6.07, 6.45) is 0. The number of rotatable bonds is 5. The molecule has 0 aliphatic heterocycles. The molecule has 0 bridgehead atoms. The first-order valence-corrected chi connectivity index (χ1v) is 7.87. The van der Waals surface area contributed by atoms with Gasteiger partial charge >= 0.3 is 0 Å². The number of halogens is 1. The standard InChI is InChI=1S/C16H14ClN3O2S/c1-18-13-9-14(20(21)22)16(8-12(13)17)23-15-7-5-4-6-11(15)10-19(2)3/h4-9H,10H2,2-3H3. The molecular formula is C16H14ClN3O2S. The highest BCUT2D eigenvalue weighted by Gasteiger charge is 2.19. The summed E-state index contributed by atoms with van der Waals surface area (Å²) in [5.74, 6) is 0. The van der Waals surface area contributed by atoms with Gasteiger partial charge < -0.3 is 4.90 Å². The first kappa shape index (κ1) is 17.3. The van der Waals surface area contributed by atoms with Crippen molar-refractivity contribution in [3.8, 4) is 0 Å². The molecule has 2 rings (SSSR count). The fourth-order valence-corrected chi connectivity index (χ4v) is 3.37. The normalized spacial score (nSPS) is 10.6. The Morgan fingerprint density at radius 3 is 2.61 bits per heavy atom. The number of hydrogen-bond acceptors (Lipinski definition) is 4. The van der Waals surface area contributed by atoms with E-state index >= 15 is 0 Å². The third kappa shape index (κ3) is 4.23. The molecule has 0 aromatic heterocycles. The van der Waals surface area contributed by atoms with Gasteiger partial charge in [0.05, 0.1) is 16.4 Å². The third-order valence-electron chi connectivity index (χ3n) is 3.02. The SMILES string of the molecule is [C-]#[N+]c1cc([N+](=O)[O-])c(Sc2ccccc2CN(C)C)cc1Cl. The van der Waals surface area contributed by atoms with Crippen LogP contribution in [0.25, 0.3) is 4.85 Å². The molecule has 23 heavy (non-hydrogen) atoms. The quantitative estimate of drug-likeness (QED) is 0.433. The van der Waals surface area contributed by atoms with Crippen molar-refractivity contribution in [1.82, 2.24) is 4.90 Å². The first-order chi connectivity index (χ1) is 10.9. The van der Waals surface area contributed by atoms with Gasteiger partial charge in [-0.1, -0.05) is 41.6 Å². The molecule has 0 aliphatic rings. The summed E-state index contributed by atoms with van der Waals surface area (Å²) in [6, 6.07) is 10.5. The van der Waals surface area contributed by atoms with Crippen molar-refractivity contribution in [3.05, 3.63) is 68.5 Å². The second-order valence-corrected chi connectivity index (χ2v) is 6.58. The number of nitro benzene ring substituents is 1. The third-order valence-corrected chi connectivity index (χ3v) is 4.49. The van der Waals surface area contributed by atoms with Crippen molar-refractivity contribution >= 4 is 34.7 Å². The number of benzene rings is 2. The second kappa shape index (κ2) is 7.47. The molecule has 118 valence electrons. The Kier molecular flexibility index (Phi) is 5.61. The Balaban J connectivity index is 2.47. The van der Waals surface area contributed by atoms with Gasteiger partial charge in [-0.15, -0.1) is 0 Å². The van der Waals surface area contributed by atoms with Crippen LogP contribution in [0.2, 0.25) is 5.02 Å². The molecule has 0 atom stereocenters. The lowest BCUT2D eigenvalue weighted by Crippen LogP contribution is -2.11.